The maximum atomic E-state index is 12.2. The van der Waals surface area contributed by atoms with E-state index in [4.69, 9.17) is 4.42 Å². The quantitative estimate of drug-likeness (QED) is 0.764. The third kappa shape index (κ3) is 3.79. The number of imide groups is 1. The van der Waals surface area contributed by atoms with E-state index in [0.29, 0.717) is 16.8 Å². The molecule has 1 aliphatic heterocycles. The van der Waals surface area contributed by atoms with Crippen LogP contribution in [0, 0.1) is 12.8 Å². The second-order valence-electron chi connectivity index (χ2n) is 5.87. The number of carbonyl (C=O) groups is 2. The van der Waals surface area contributed by atoms with E-state index in [1.807, 2.05) is 12.1 Å². The normalized spacial score (nSPS) is 17.8. The molecule has 7 nitrogen and oxygen atoms in total. The standard InChI is InChI=1S/C17H18N4O3S/c1-10-6-4-5-7-12(10)9-25-17-20-19-14(24-17)8-13-11(2)18-16(23)21(3)15(13)22/h4-7,13H,8-9H2,1-3H3. The Hall–Kier alpha value is -2.48. The lowest BCUT2D eigenvalue weighted by Crippen LogP contribution is -2.44. The van der Waals surface area contributed by atoms with Gasteiger partial charge in [0.2, 0.25) is 11.8 Å². The number of hydrogen-bond acceptors (Lipinski definition) is 6. The van der Waals surface area contributed by atoms with Crippen LogP contribution in [0.2, 0.25) is 0 Å². The molecular formula is C17H18N4O3S. The highest BCUT2D eigenvalue weighted by Gasteiger charge is 2.34. The molecule has 1 aromatic heterocycles. The number of rotatable bonds is 5. The second kappa shape index (κ2) is 7.18. The minimum absolute atomic E-state index is 0.240. The summed E-state index contributed by atoms with van der Waals surface area (Å²) >= 11 is 1.45. The van der Waals surface area contributed by atoms with Crippen LogP contribution in [-0.2, 0) is 17.0 Å². The van der Waals surface area contributed by atoms with Crippen molar-refractivity contribution in [2.75, 3.05) is 7.05 Å². The van der Waals surface area contributed by atoms with Gasteiger partial charge in [-0.2, -0.15) is 0 Å². The van der Waals surface area contributed by atoms with E-state index in [1.54, 1.807) is 6.92 Å². The van der Waals surface area contributed by atoms with Crippen LogP contribution in [0.3, 0.4) is 0 Å². The first-order valence-corrected chi connectivity index (χ1v) is 8.80. The van der Waals surface area contributed by atoms with Crippen molar-refractivity contribution in [2.45, 2.75) is 31.2 Å². The van der Waals surface area contributed by atoms with Gasteiger partial charge in [-0.3, -0.25) is 9.69 Å². The summed E-state index contributed by atoms with van der Waals surface area (Å²) in [6.45, 7) is 3.72. The van der Waals surface area contributed by atoms with Crippen molar-refractivity contribution in [3.05, 3.63) is 41.3 Å². The van der Waals surface area contributed by atoms with E-state index in [-0.39, 0.29) is 12.3 Å². The zero-order valence-electron chi connectivity index (χ0n) is 14.2. The number of thioether (sulfide) groups is 1. The van der Waals surface area contributed by atoms with Crippen LogP contribution in [0.15, 0.2) is 38.9 Å². The Morgan fingerprint density at radius 1 is 1.20 bits per heavy atom. The number of amides is 3. The van der Waals surface area contributed by atoms with Crippen LogP contribution < -0.4 is 0 Å². The van der Waals surface area contributed by atoms with Gasteiger partial charge in [0.05, 0.1) is 5.92 Å². The summed E-state index contributed by atoms with van der Waals surface area (Å²) in [5.41, 5.74) is 2.89. The van der Waals surface area contributed by atoms with Crippen LogP contribution in [0.5, 0.6) is 0 Å². The zero-order valence-corrected chi connectivity index (χ0v) is 15.0. The van der Waals surface area contributed by atoms with Crippen LogP contribution in [0.1, 0.15) is 23.9 Å². The lowest BCUT2D eigenvalue weighted by atomic mass is 9.97. The number of urea groups is 1. The van der Waals surface area contributed by atoms with Gasteiger partial charge in [-0.25, -0.2) is 9.79 Å². The van der Waals surface area contributed by atoms with E-state index < -0.39 is 11.9 Å². The van der Waals surface area contributed by atoms with Gasteiger partial charge >= 0.3 is 6.03 Å². The molecule has 1 unspecified atom stereocenters. The molecule has 0 fully saturated rings. The van der Waals surface area contributed by atoms with Crippen molar-refractivity contribution in [1.29, 1.82) is 0 Å². The third-order valence-electron chi connectivity index (χ3n) is 4.13. The molecule has 130 valence electrons. The molecule has 2 heterocycles. The lowest BCUT2D eigenvalue weighted by Gasteiger charge is -2.24. The summed E-state index contributed by atoms with van der Waals surface area (Å²) in [6.07, 6.45) is 0.240. The van der Waals surface area contributed by atoms with Crippen molar-refractivity contribution in [3.63, 3.8) is 0 Å². The molecule has 0 aliphatic carbocycles. The Kier molecular flexibility index (Phi) is 4.98. The number of carbonyl (C=O) groups excluding carboxylic acids is 2. The third-order valence-corrected chi connectivity index (χ3v) is 5.00. The Balaban J connectivity index is 1.66. The molecular weight excluding hydrogens is 340 g/mol. The van der Waals surface area contributed by atoms with Gasteiger partial charge in [0.15, 0.2) is 0 Å². The zero-order chi connectivity index (χ0) is 18.0. The summed E-state index contributed by atoms with van der Waals surface area (Å²) < 4.78 is 5.64. The largest absolute Gasteiger partial charge is 0.416 e. The van der Waals surface area contributed by atoms with E-state index >= 15 is 0 Å². The number of aliphatic imine (C=N–C) groups is 1. The number of hydrogen-bond donors (Lipinski definition) is 0. The average molecular weight is 358 g/mol. The average Bonchev–Trinajstić information content (AvgIpc) is 3.04. The van der Waals surface area contributed by atoms with Crippen molar-refractivity contribution in [2.24, 2.45) is 10.9 Å². The topological polar surface area (TPSA) is 88.7 Å². The van der Waals surface area contributed by atoms with E-state index in [0.717, 1.165) is 10.7 Å². The van der Waals surface area contributed by atoms with Crippen LogP contribution in [0.25, 0.3) is 0 Å². The maximum Gasteiger partial charge on any atom is 0.349 e. The summed E-state index contributed by atoms with van der Waals surface area (Å²) in [5.74, 6) is 0.249. The fraction of sp³-hybridized carbons (Fsp3) is 0.353. The number of aromatic nitrogens is 2. The maximum absolute atomic E-state index is 12.2. The van der Waals surface area contributed by atoms with Crippen molar-refractivity contribution in [3.8, 4) is 0 Å². The predicted octanol–water partition coefficient (Wildman–Crippen LogP) is 2.88. The van der Waals surface area contributed by atoms with E-state index in [9.17, 15) is 9.59 Å². The fourth-order valence-corrected chi connectivity index (χ4v) is 3.37. The van der Waals surface area contributed by atoms with Gasteiger partial charge in [0.1, 0.15) is 0 Å². The number of nitrogens with zero attached hydrogens (tertiary/aromatic N) is 4. The highest BCUT2D eigenvalue weighted by Crippen LogP contribution is 2.24. The lowest BCUT2D eigenvalue weighted by molar-refractivity contribution is -0.129. The Labute approximate surface area is 149 Å². The minimum atomic E-state index is -0.544. The van der Waals surface area contributed by atoms with Gasteiger partial charge < -0.3 is 4.42 Å². The highest BCUT2D eigenvalue weighted by atomic mass is 32.2. The first-order chi connectivity index (χ1) is 12.0. The minimum Gasteiger partial charge on any atom is -0.416 e. The first-order valence-electron chi connectivity index (χ1n) is 7.82. The smallest absolute Gasteiger partial charge is 0.349 e. The van der Waals surface area contributed by atoms with Crippen molar-refractivity contribution < 1.29 is 14.0 Å². The fourth-order valence-electron chi connectivity index (χ4n) is 2.51. The molecule has 0 N–H and O–H groups in total. The van der Waals surface area contributed by atoms with Crippen molar-refractivity contribution >= 4 is 29.4 Å². The van der Waals surface area contributed by atoms with Crippen LogP contribution >= 0.6 is 11.8 Å². The van der Waals surface area contributed by atoms with E-state index in [2.05, 4.69) is 34.2 Å². The Morgan fingerprint density at radius 2 is 1.96 bits per heavy atom. The summed E-state index contributed by atoms with van der Waals surface area (Å²) in [7, 11) is 1.42. The Bertz CT molecular complexity index is 846. The number of aryl methyl sites for hydroxylation is 1. The molecule has 0 bridgehead atoms. The Morgan fingerprint density at radius 3 is 2.72 bits per heavy atom. The van der Waals surface area contributed by atoms with Gasteiger partial charge in [-0.1, -0.05) is 36.0 Å². The highest BCUT2D eigenvalue weighted by molar-refractivity contribution is 7.98. The molecule has 0 saturated carbocycles. The van der Waals surface area contributed by atoms with Gasteiger partial charge in [-0.15, -0.1) is 10.2 Å². The summed E-state index contributed by atoms with van der Waals surface area (Å²) in [5, 5.41) is 8.49. The molecule has 2 aromatic rings. The monoisotopic (exact) mass is 358 g/mol. The first kappa shape index (κ1) is 17.3. The van der Waals surface area contributed by atoms with Gasteiger partial charge in [0.25, 0.3) is 5.22 Å². The molecule has 3 amide bonds. The molecule has 0 radical (unpaired) electrons. The summed E-state index contributed by atoms with van der Waals surface area (Å²) in [4.78, 5) is 28.6. The van der Waals surface area contributed by atoms with E-state index in [1.165, 1.54) is 29.9 Å². The van der Waals surface area contributed by atoms with Crippen molar-refractivity contribution in [1.82, 2.24) is 15.1 Å². The summed E-state index contributed by atoms with van der Waals surface area (Å²) in [6, 6.07) is 7.58. The molecule has 1 atom stereocenters. The van der Waals surface area contributed by atoms with Gasteiger partial charge in [-0.05, 0) is 25.0 Å². The SMILES string of the molecule is CC1=NC(=O)N(C)C(=O)C1Cc1nnc(SCc2ccccc2C)o1. The molecule has 25 heavy (non-hydrogen) atoms. The molecule has 0 saturated heterocycles. The molecule has 3 rings (SSSR count). The van der Waals surface area contributed by atoms with Crippen LogP contribution in [0.4, 0.5) is 4.79 Å². The molecule has 1 aliphatic rings. The molecule has 0 spiro atoms. The number of benzene rings is 1. The molecule has 8 heteroatoms. The predicted molar refractivity (Wildman–Crippen MR) is 93.5 cm³/mol. The van der Waals surface area contributed by atoms with Gasteiger partial charge in [0, 0.05) is 24.9 Å². The second-order valence-corrected chi connectivity index (χ2v) is 6.79. The van der Waals surface area contributed by atoms with Crippen LogP contribution in [-0.4, -0.2) is 39.8 Å². The molecule has 1 aromatic carbocycles.